The highest BCUT2D eigenvalue weighted by Gasteiger charge is 2.14. The Labute approximate surface area is 225 Å². The van der Waals surface area contributed by atoms with E-state index < -0.39 is 24.2 Å². The number of hydrogen-bond acceptors (Lipinski definition) is 9. The molecule has 0 heterocycles. The molecule has 0 aromatic heterocycles. The van der Waals surface area contributed by atoms with E-state index in [9.17, 15) is 19.5 Å². The Morgan fingerprint density at radius 1 is 0.872 bits per heavy atom. The fraction of sp³-hybridized carbons (Fsp3) is 0.167. The zero-order chi connectivity index (χ0) is 28.2. The molecule has 39 heavy (non-hydrogen) atoms. The van der Waals surface area contributed by atoms with Crippen LogP contribution in [0.5, 0.6) is 17.2 Å². The van der Waals surface area contributed by atoms with Gasteiger partial charge in [0.25, 0.3) is 0 Å². The van der Waals surface area contributed by atoms with Crippen molar-refractivity contribution in [3.63, 3.8) is 0 Å². The van der Waals surface area contributed by atoms with Crippen LogP contribution >= 0.6 is 0 Å². The van der Waals surface area contributed by atoms with Crippen LogP contribution in [-0.2, 0) is 25.5 Å². The van der Waals surface area contributed by atoms with Crippen LogP contribution < -0.4 is 14.2 Å². The van der Waals surface area contributed by atoms with Crippen LogP contribution in [0.1, 0.15) is 33.3 Å². The van der Waals surface area contributed by atoms with Gasteiger partial charge in [-0.05, 0) is 72.6 Å². The molecule has 0 saturated heterocycles. The summed E-state index contributed by atoms with van der Waals surface area (Å²) in [5.74, 6) is -0.448. The zero-order valence-electron chi connectivity index (χ0n) is 21.3. The molecule has 0 aliphatic heterocycles. The number of aliphatic hydroxyl groups excluding tert-OH is 1. The van der Waals surface area contributed by atoms with Crippen molar-refractivity contribution in [1.29, 1.82) is 0 Å². The molecule has 202 valence electrons. The average molecular weight is 533 g/mol. The summed E-state index contributed by atoms with van der Waals surface area (Å²) in [6, 6.07) is 18.0. The molecule has 0 saturated carbocycles. The third-order valence-corrected chi connectivity index (χ3v) is 5.35. The summed E-state index contributed by atoms with van der Waals surface area (Å²) >= 11 is 0. The molecule has 0 bridgehead atoms. The topological polar surface area (TPSA) is 118 Å². The minimum Gasteiger partial charge on any atom is -0.462 e. The number of carbonyl (C=O) groups excluding carboxylic acids is 3. The first kappa shape index (κ1) is 28.7. The Hall–Kier alpha value is -4.89. The van der Waals surface area contributed by atoms with Crippen molar-refractivity contribution in [2.75, 3.05) is 13.4 Å². The van der Waals surface area contributed by atoms with Gasteiger partial charge in [-0.15, -0.1) is 0 Å². The summed E-state index contributed by atoms with van der Waals surface area (Å²) in [5.41, 5.74) is 2.37. The van der Waals surface area contributed by atoms with Crippen LogP contribution in [-0.4, -0.2) is 36.4 Å². The lowest BCUT2D eigenvalue weighted by atomic mass is 10.1. The van der Waals surface area contributed by atoms with Gasteiger partial charge in [0.1, 0.15) is 17.2 Å². The lowest BCUT2D eigenvalue weighted by molar-refractivity contribution is -0.144. The number of hydrogen-bond donors (Lipinski definition) is 1. The third-order valence-electron chi connectivity index (χ3n) is 5.35. The SMILES string of the molecule is C=CC(=O)OCCc1ccc(C(=O)Oc2ccc(OC(O)c3ccc(OCOC(=O)C=C)cc3)cc2C)cc1. The number of benzene rings is 3. The highest BCUT2D eigenvalue weighted by molar-refractivity contribution is 5.91. The van der Waals surface area contributed by atoms with E-state index >= 15 is 0 Å². The van der Waals surface area contributed by atoms with Crippen LogP contribution in [0.4, 0.5) is 0 Å². The Bertz CT molecular complexity index is 1310. The molecule has 0 amide bonds. The quantitative estimate of drug-likeness (QED) is 0.146. The van der Waals surface area contributed by atoms with Crippen LogP contribution in [0.25, 0.3) is 0 Å². The van der Waals surface area contributed by atoms with Gasteiger partial charge in [0, 0.05) is 24.1 Å². The predicted molar refractivity (Wildman–Crippen MR) is 141 cm³/mol. The van der Waals surface area contributed by atoms with Crippen LogP contribution in [0.2, 0.25) is 0 Å². The molecule has 3 aromatic rings. The number of aryl methyl sites for hydroxylation is 1. The second kappa shape index (κ2) is 14.2. The molecular weight excluding hydrogens is 504 g/mol. The highest BCUT2D eigenvalue weighted by Crippen LogP contribution is 2.28. The largest absolute Gasteiger partial charge is 0.462 e. The van der Waals surface area contributed by atoms with E-state index in [1.807, 2.05) is 0 Å². The molecule has 0 fully saturated rings. The van der Waals surface area contributed by atoms with Crippen molar-refractivity contribution in [3.8, 4) is 17.2 Å². The number of ether oxygens (including phenoxy) is 5. The Balaban J connectivity index is 1.52. The van der Waals surface area contributed by atoms with Crippen LogP contribution in [0, 0.1) is 6.92 Å². The van der Waals surface area contributed by atoms with Crippen molar-refractivity contribution in [1.82, 2.24) is 0 Å². The van der Waals surface area contributed by atoms with E-state index in [-0.39, 0.29) is 13.4 Å². The van der Waals surface area contributed by atoms with Gasteiger partial charge in [0.05, 0.1) is 12.2 Å². The maximum Gasteiger partial charge on any atom is 0.343 e. The summed E-state index contributed by atoms with van der Waals surface area (Å²) in [5, 5.41) is 10.5. The van der Waals surface area contributed by atoms with Crippen LogP contribution in [0.3, 0.4) is 0 Å². The monoisotopic (exact) mass is 532 g/mol. The maximum absolute atomic E-state index is 12.6. The summed E-state index contributed by atoms with van der Waals surface area (Å²) < 4.78 is 26.1. The number of carbonyl (C=O) groups is 3. The number of aliphatic hydroxyl groups is 1. The summed E-state index contributed by atoms with van der Waals surface area (Å²) in [6.45, 7) is 8.34. The highest BCUT2D eigenvalue weighted by atomic mass is 16.7. The fourth-order valence-electron chi connectivity index (χ4n) is 3.24. The normalized spacial score (nSPS) is 11.0. The predicted octanol–water partition coefficient (Wildman–Crippen LogP) is 4.62. The van der Waals surface area contributed by atoms with E-state index in [1.165, 1.54) is 0 Å². The van der Waals surface area contributed by atoms with Gasteiger partial charge in [0.15, 0.2) is 0 Å². The molecule has 1 atom stereocenters. The standard InChI is InChI=1S/C30H28O9/c1-4-27(31)35-17-16-21-6-8-22(9-7-21)30(34)39-26-15-14-25(18-20(26)3)38-29(33)23-10-12-24(13-11-23)36-19-37-28(32)5-2/h4-15,18,29,33H,1-2,16-17,19H2,3H3. The van der Waals surface area contributed by atoms with E-state index in [4.69, 9.17) is 23.7 Å². The third kappa shape index (κ3) is 8.87. The first-order chi connectivity index (χ1) is 18.8. The molecule has 1 N–H and O–H groups in total. The number of rotatable bonds is 13. The van der Waals surface area contributed by atoms with E-state index in [1.54, 1.807) is 73.7 Å². The maximum atomic E-state index is 12.6. The van der Waals surface area contributed by atoms with Gasteiger partial charge in [0.2, 0.25) is 13.1 Å². The number of esters is 3. The van der Waals surface area contributed by atoms with Gasteiger partial charge < -0.3 is 28.8 Å². The first-order valence-electron chi connectivity index (χ1n) is 11.9. The average Bonchev–Trinajstić information content (AvgIpc) is 2.94. The minimum absolute atomic E-state index is 0.214. The summed E-state index contributed by atoms with van der Waals surface area (Å²) in [4.78, 5) is 34.7. The Kier molecular flexibility index (Phi) is 10.4. The summed E-state index contributed by atoms with van der Waals surface area (Å²) in [7, 11) is 0. The molecule has 3 rings (SSSR count). The van der Waals surface area contributed by atoms with Crippen molar-refractivity contribution in [2.24, 2.45) is 0 Å². The molecule has 0 aliphatic carbocycles. The van der Waals surface area contributed by atoms with Crippen molar-refractivity contribution < 1.29 is 43.2 Å². The Morgan fingerprint density at radius 3 is 2.15 bits per heavy atom. The van der Waals surface area contributed by atoms with E-state index in [0.29, 0.717) is 40.4 Å². The molecule has 0 spiro atoms. The second-order valence-corrected chi connectivity index (χ2v) is 8.10. The van der Waals surface area contributed by atoms with Crippen molar-refractivity contribution in [3.05, 3.63) is 114 Å². The molecule has 3 aromatic carbocycles. The zero-order valence-corrected chi connectivity index (χ0v) is 21.3. The van der Waals surface area contributed by atoms with Crippen molar-refractivity contribution >= 4 is 17.9 Å². The lowest BCUT2D eigenvalue weighted by Gasteiger charge is -2.16. The van der Waals surface area contributed by atoms with Gasteiger partial charge in [-0.3, -0.25) is 0 Å². The molecule has 0 radical (unpaired) electrons. The summed E-state index contributed by atoms with van der Waals surface area (Å²) in [6.07, 6.45) is 1.39. The molecule has 9 heteroatoms. The van der Waals surface area contributed by atoms with Crippen LogP contribution in [0.15, 0.2) is 92.0 Å². The van der Waals surface area contributed by atoms with Crippen molar-refractivity contribution in [2.45, 2.75) is 19.6 Å². The van der Waals surface area contributed by atoms with Gasteiger partial charge in [-0.25, -0.2) is 14.4 Å². The Morgan fingerprint density at radius 2 is 1.51 bits per heavy atom. The fourth-order valence-corrected chi connectivity index (χ4v) is 3.24. The van der Waals surface area contributed by atoms with Gasteiger partial charge in [-0.1, -0.05) is 25.3 Å². The minimum atomic E-state index is -1.26. The lowest BCUT2D eigenvalue weighted by Crippen LogP contribution is -2.10. The van der Waals surface area contributed by atoms with Gasteiger partial charge >= 0.3 is 17.9 Å². The molecule has 0 aliphatic rings. The smallest absolute Gasteiger partial charge is 0.343 e. The molecule has 9 nitrogen and oxygen atoms in total. The molecular formula is C30H28O9. The molecule has 1 unspecified atom stereocenters. The van der Waals surface area contributed by atoms with Gasteiger partial charge in [-0.2, -0.15) is 0 Å². The first-order valence-corrected chi connectivity index (χ1v) is 11.9. The second-order valence-electron chi connectivity index (χ2n) is 8.10. The van der Waals surface area contributed by atoms with E-state index in [0.717, 1.165) is 17.7 Å². The van der Waals surface area contributed by atoms with E-state index in [2.05, 4.69) is 13.2 Å².